The quantitative estimate of drug-likeness (QED) is 0.164. The second-order valence-corrected chi connectivity index (χ2v) is 20.3. The number of aliphatic hydroxyl groups is 2. The molecule has 0 radical (unpaired) electrons. The van der Waals surface area contributed by atoms with Crippen molar-refractivity contribution >= 4 is 29.0 Å². The average Bonchev–Trinajstić information content (AvgIpc) is 3.84. The summed E-state index contributed by atoms with van der Waals surface area (Å²) in [6.45, 7) is 11.1. The lowest BCUT2D eigenvalue weighted by Crippen LogP contribution is -2.68. The number of allylic oxidation sites excluding steroid dienone is 4. The Balaban J connectivity index is 1.12. The van der Waals surface area contributed by atoms with Crippen LogP contribution in [0.5, 0.6) is 0 Å². The third-order valence-corrected chi connectivity index (χ3v) is 18.3. The molecule has 2 aromatic rings. The number of carbonyl (C=O) groups is 3. The Morgan fingerprint density at radius 2 is 1.60 bits per heavy atom. The molecule has 1 saturated heterocycles. The van der Waals surface area contributed by atoms with Crippen LogP contribution in [0.2, 0.25) is 0 Å². The van der Waals surface area contributed by atoms with Crippen molar-refractivity contribution in [1.29, 1.82) is 0 Å². The molecule has 4 saturated carbocycles. The van der Waals surface area contributed by atoms with Crippen molar-refractivity contribution < 1.29 is 29.3 Å². The third kappa shape index (κ3) is 4.27. The van der Waals surface area contributed by atoms with Crippen LogP contribution < -0.4 is 0 Å². The number of carbonyl (C=O) groups excluding carboxylic acids is 3. The molecule has 53 heavy (non-hydrogen) atoms. The van der Waals surface area contributed by atoms with Crippen LogP contribution in [0.4, 0.5) is 0 Å². The first-order valence-corrected chi connectivity index (χ1v) is 20.9. The lowest BCUT2D eigenvalue weighted by molar-refractivity contribution is -0.187. The zero-order valence-corrected chi connectivity index (χ0v) is 32.8. The van der Waals surface area contributed by atoms with Gasteiger partial charge in [-0.05, 0) is 99.8 Å². The number of ether oxygens (including phenoxy) is 1. The number of hydrogen-bond donors (Lipinski definition) is 2. The number of benzene rings is 1. The highest BCUT2D eigenvalue weighted by Gasteiger charge is 2.78. The van der Waals surface area contributed by atoms with E-state index in [2.05, 4.69) is 38.1 Å². The first-order chi connectivity index (χ1) is 25.0. The van der Waals surface area contributed by atoms with E-state index in [0.717, 1.165) is 37.7 Å². The molecule has 282 valence electrons. The fraction of sp³-hybridized carbons (Fsp3) is 0.622. The Morgan fingerprint density at radius 1 is 0.887 bits per heavy atom. The van der Waals surface area contributed by atoms with Gasteiger partial charge in [-0.3, -0.25) is 14.4 Å². The van der Waals surface area contributed by atoms with E-state index < -0.39 is 44.4 Å². The summed E-state index contributed by atoms with van der Waals surface area (Å²) in [5.74, 6) is -0.283. The molecule has 8 heteroatoms. The van der Waals surface area contributed by atoms with Gasteiger partial charge in [0.2, 0.25) is 0 Å². The summed E-state index contributed by atoms with van der Waals surface area (Å²) in [5, 5.41) is 26.4. The van der Waals surface area contributed by atoms with E-state index in [4.69, 9.17) is 4.74 Å². The molecule has 8 aliphatic rings. The topological polar surface area (TPSA) is 104 Å². The molecule has 7 aliphatic carbocycles. The van der Waals surface area contributed by atoms with E-state index in [0.29, 0.717) is 44.2 Å². The van der Waals surface area contributed by atoms with Crippen molar-refractivity contribution in [2.75, 3.05) is 13.1 Å². The van der Waals surface area contributed by atoms with E-state index >= 15 is 4.79 Å². The van der Waals surface area contributed by atoms with E-state index in [1.54, 1.807) is 11.3 Å². The molecule has 7 nitrogen and oxygen atoms in total. The van der Waals surface area contributed by atoms with Crippen molar-refractivity contribution in [2.45, 2.75) is 116 Å². The van der Waals surface area contributed by atoms with Crippen LogP contribution in [0, 0.1) is 44.3 Å². The zero-order chi connectivity index (χ0) is 37.5. The molecule has 1 aromatic heterocycles. The molecule has 1 unspecified atom stereocenters. The normalized spacial score (nSPS) is 44.2. The maximum absolute atomic E-state index is 15.1. The van der Waals surface area contributed by atoms with Crippen molar-refractivity contribution in [3.05, 3.63) is 82.1 Å². The Labute approximate surface area is 317 Å². The number of amides is 1. The lowest BCUT2D eigenvalue weighted by atomic mass is 9.32. The maximum Gasteiger partial charge on any atom is 0.313 e. The van der Waals surface area contributed by atoms with Gasteiger partial charge in [-0.1, -0.05) is 82.3 Å². The van der Waals surface area contributed by atoms with Crippen LogP contribution in [0.3, 0.4) is 0 Å². The van der Waals surface area contributed by atoms with Gasteiger partial charge in [0, 0.05) is 44.2 Å². The summed E-state index contributed by atoms with van der Waals surface area (Å²) in [6, 6.07) is 13.7. The minimum Gasteiger partial charge on any atom is -0.448 e. The smallest absolute Gasteiger partial charge is 0.313 e. The van der Waals surface area contributed by atoms with Gasteiger partial charge >= 0.3 is 5.97 Å². The molecule has 10 atom stereocenters. The zero-order valence-electron chi connectivity index (χ0n) is 32.0. The van der Waals surface area contributed by atoms with E-state index in [-0.39, 0.29) is 41.5 Å². The first-order valence-electron chi connectivity index (χ1n) is 20.0. The van der Waals surface area contributed by atoms with Crippen molar-refractivity contribution in [3.63, 3.8) is 0 Å². The van der Waals surface area contributed by atoms with Crippen LogP contribution in [-0.4, -0.2) is 63.2 Å². The molecule has 1 aromatic carbocycles. The van der Waals surface area contributed by atoms with Crippen molar-refractivity contribution in [1.82, 2.24) is 4.90 Å². The highest BCUT2D eigenvalue weighted by molar-refractivity contribution is 7.09. The SMILES string of the molecule is CC1(C)[C@@]2(C)CC[C@]1(C(=O)N(CCc1cccs1)C[C@]1(O)CC[C@H]3[C@]45C=C[C@@]6(C=C4C(=O)c4ccccc4)CC(O)CC[C@]6(C)[C@H]5CC[C@@]31C)OC2=O. The number of fused-ring (bicyclic) bond motifs is 3. The van der Waals surface area contributed by atoms with Gasteiger partial charge in [0.15, 0.2) is 11.4 Å². The maximum atomic E-state index is 15.1. The summed E-state index contributed by atoms with van der Waals surface area (Å²) in [4.78, 5) is 46.3. The number of rotatable bonds is 8. The highest BCUT2D eigenvalue weighted by atomic mass is 32.1. The van der Waals surface area contributed by atoms with Gasteiger partial charge in [-0.25, -0.2) is 0 Å². The summed E-state index contributed by atoms with van der Waals surface area (Å²) < 4.78 is 6.15. The second kappa shape index (κ2) is 11.3. The number of esters is 1. The van der Waals surface area contributed by atoms with Crippen molar-refractivity contribution in [3.8, 4) is 0 Å². The molecule has 5 fully saturated rings. The van der Waals surface area contributed by atoms with Crippen LogP contribution in [0.1, 0.15) is 108 Å². The first kappa shape index (κ1) is 35.6. The Morgan fingerprint density at radius 3 is 2.28 bits per heavy atom. The summed E-state index contributed by atoms with van der Waals surface area (Å²) in [7, 11) is 0. The molecule has 2 heterocycles. The Kier molecular flexibility index (Phi) is 7.57. The molecule has 1 amide bonds. The standard InChI is InChI=1S/C45H55NO6S/c1-38(2)41(5)20-23-45(38,52-37(41)50)36(49)46(24-16-31-12-9-25-53-31)28-43(51)19-15-34-40(43,4)18-14-33-39(3)17-13-30(47)26-42(39)21-22-44(33,34)32(27-42)35(48)29-10-7-6-8-11-29/h6-12,21-22,25,27,30,33-34,47,51H,13-20,23-24,26,28H2,1-5H3/t30?,33-,34-,39-,40+,41+,42+,43-,44-,45-/m1/s1. The molecule has 4 bridgehead atoms. The number of thiophene rings is 1. The van der Waals surface area contributed by atoms with Gasteiger partial charge in [0.25, 0.3) is 5.91 Å². The fourth-order valence-corrected chi connectivity index (χ4v) is 14.3. The molecule has 2 spiro atoms. The van der Waals surface area contributed by atoms with Gasteiger partial charge in [-0.15, -0.1) is 11.3 Å². The largest absolute Gasteiger partial charge is 0.448 e. The average molecular weight is 738 g/mol. The molecular formula is C45H55NO6S. The predicted octanol–water partition coefficient (Wildman–Crippen LogP) is 7.72. The number of aliphatic hydroxyl groups excluding tert-OH is 1. The fourth-order valence-electron chi connectivity index (χ4n) is 13.6. The summed E-state index contributed by atoms with van der Waals surface area (Å²) in [5.41, 5.74) is -4.12. The molecule has 10 rings (SSSR count). The minimum absolute atomic E-state index is 0.0289. The second-order valence-electron chi connectivity index (χ2n) is 19.2. The Bertz CT molecular complexity index is 1940. The summed E-state index contributed by atoms with van der Waals surface area (Å²) in [6.07, 6.45) is 13.4. The van der Waals surface area contributed by atoms with Crippen LogP contribution in [0.25, 0.3) is 0 Å². The van der Waals surface area contributed by atoms with Crippen LogP contribution in [0.15, 0.2) is 71.6 Å². The van der Waals surface area contributed by atoms with E-state index in [1.165, 1.54) is 4.88 Å². The Hall–Kier alpha value is -3.07. The third-order valence-electron chi connectivity index (χ3n) is 17.4. The summed E-state index contributed by atoms with van der Waals surface area (Å²) >= 11 is 1.66. The van der Waals surface area contributed by atoms with Gasteiger partial charge in [0.05, 0.1) is 23.7 Å². The number of ketones is 1. The molecule has 1 aliphatic heterocycles. The number of nitrogens with zero attached hydrogens (tertiary/aromatic N) is 1. The van der Waals surface area contributed by atoms with E-state index in [1.807, 2.05) is 67.4 Å². The van der Waals surface area contributed by atoms with Crippen molar-refractivity contribution in [2.24, 2.45) is 44.3 Å². The lowest BCUT2D eigenvalue weighted by Gasteiger charge is -2.71. The molecular weight excluding hydrogens is 683 g/mol. The predicted molar refractivity (Wildman–Crippen MR) is 204 cm³/mol. The minimum atomic E-state index is -1.27. The van der Waals surface area contributed by atoms with E-state index in [9.17, 15) is 19.8 Å². The number of Topliss-reactive ketones (excluding diaryl/α,β-unsaturated/α-hetero) is 1. The highest BCUT2D eigenvalue weighted by Crippen LogP contribution is 2.78. The van der Waals surface area contributed by atoms with Crippen LogP contribution >= 0.6 is 11.3 Å². The molecule has 2 N–H and O–H groups in total. The van der Waals surface area contributed by atoms with Gasteiger partial charge in [-0.2, -0.15) is 0 Å². The van der Waals surface area contributed by atoms with Gasteiger partial charge < -0.3 is 19.8 Å². The van der Waals surface area contributed by atoms with Gasteiger partial charge in [0.1, 0.15) is 0 Å². The monoisotopic (exact) mass is 737 g/mol. The number of hydrogen-bond acceptors (Lipinski definition) is 7. The van der Waals surface area contributed by atoms with Crippen LogP contribution in [-0.2, 0) is 20.7 Å².